The highest BCUT2D eigenvalue weighted by Gasteiger charge is 2.14. The van der Waals surface area contributed by atoms with Crippen LogP contribution in [-0.2, 0) is 9.63 Å². The number of hydrogen-bond acceptors (Lipinski definition) is 3. The van der Waals surface area contributed by atoms with Gasteiger partial charge in [-0.15, -0.1) is 0 Å². The Kier molecular flexibility index (Phi) is 4.73. The molecule has 0 aromatic heterocycles. The zero-order chi connectivity index (χ0) is 13.7. The molecular weight excluding hydrogens is 246 g/mol. The molecule has 0 unspecified atom stereocenters. The van der Waals surface area contributed by atoms with E-state index in [0.717, 1.165) is 17.2 Å². The second-order valence-corrected chi connectivity index (χ2v) is 3.38. The van der Waals surface area contributed by atoms with E-state index in [4.69, 9.17) is 0 Å². The summed E-state index contributed by atoms with van der Waals surface area (Å²) in [6.45, 7) is -0.347. The molecule has 1 aromatic carbocycles. The number of nitrogens with one attached hydrogen (secondary N) is 1. The average Bonchev–Trinajstić information content (AvgIpc) is 2.34. The molecule has 0 fully saturated rings. The van der Waals surface area contributed by atoms with Gasteiger partial charge in [0.2, 0.25) is 0 Å². The van der Waals surface area contributed by atoms with Gasteiger partial charge < -0.3 is 5.32 Å². The van der Waals surface area contributed by atoms with E-state index in [0.29, 0.717) is 6.07 Å². The van der Waals surface area contributed by atoms with Crippen LogP contribution >= 0.6 is 0 Å². The third kappa shape index (κ3) is 3.49. The molecule has 0 radical (unpaired) electrons. The van der Waals surface area contributed by atoms with E-state index in [1.807, 2.05) is 0 Å². The van der Waals surface area contributed by atoms with Crippen molar-refractivity contribution >= 4 is 11.8 Å². The van der Waals surface area contributed by atoms with Gasteiger partial charge in [-0.05, 0) is 12.1 Å². The van der Waals surface area contributed by atoms with Gasteiger partial charge in [-0.3, -0.25) is 14.4 Å². The Morgan fingerprint density at radius 1 is 1.39 bits per heavy atom. The molecule has 1 rings (SSSR count). The van der Waals surface area contributed by atoms with Crippen molar-refractivity contribution in [1.82, 2.24) is 10.4 Å². The van der Waals surface area contributed by atoms with Crippen LogP contribution in [-0.4, -0.2) is 37.6 Å². The maximum atomic E-state index is 13.2. The Hall–Kier alpha value is -2.02. The highest BCUT2D eigenvalue weighted by molar-refractivity contribution is 5.96. The summed E-state index contributed by atoms with van der Waals surface area (Å²) >= 11 is 0. The van der Waals surface area contributed by atoms with Gasteiger partial charge in [0.25, 0.3) is 11.8 Å². The SMILES string of the molecule is CON(C)C(=O)CNC(=O)c1ccc(F)cc1F. The summed E-state index contributed by atoms with van der Waals surface area (Å²) in [5.41, 5.74) is -0.329. The number of hydroxylamine groups is 2. The summed E-state index contributed by atoms with van der Waals surface area (Å²) in [6.07, 6.45) is 0. The lowest BCUT2D eigenvalue weighted by Gasteiger charge is -2.13. The molecule has 1 N–H and O–H groups in total. The topological polar surface area (TPSA) is 58.6 Å². The van der Waals surface area contributed by atoms with Crippen LogP contribution in [0.15, 0.2) is 18.2 Å². The lowest BCUT2D eigenvalue weighted by Crippen LogP contribution is -2.37. The molecule has 1 aromatic rings. The maximum absolute atomic E-state index is 13.2. The van der Waals surface area contributed by atoms with Crippen molar-refractivity contribution in [2.24, 2.45) is 0 Å². The van der Waals surface area contributed by atoms with Crippen LogP contribution in [0.1, 0.15) is 10.4 Å². The summed E-state index contributed by atoms with van der Waals surface area (Å²) < 4.78 is 25.9. The van der Waals surface area contributed by atoms with Crippen molar-refractivity contribution in [2.45, 2.75) is 0 Å². The molecular formula is C11H12F2N2O3. The van der Waals surface area contributed by atoms with Crippen LogP contribution in [0, 0.1) is 11.6 Å². The predicted octanol–water partition coefficient (Wildman–Crippen LogP) is 0.714. The summed E-state index contributed by atoms with van der Waals surface area (Å²) in [6, 6.07) is 2.56. The lowest BCUT2D eigenvalue weighted by molar-refractivity contribution is -0.167. The Labute approximate surface area is 102 Å². The van der Waals surface area contributed by atoms with Gasteiger partial charge in [0, 0.05) is 13.1 Å². The van der Waals surface area contributed by atoms with E-state index in [9.17, 15) is 18.4 Å². The van der Waals surface area contributed by atoms with Crippen LogP contribution in [0.2, 0.25) is 0 Å². The molecule has 0 bridgehead atoms. The predicted molar refractivity (Wildman–Crippen MR) is 58.5 cm³/mol. The number of nitrogens with zero attached hydrogens (tertiary/aromatic N) is 1. The first-order valence-electron chi connectivity index (χ1n) is 4.99. The van der Waals surface area contributed by atoms with Gasteiger partial charge >= 0.3 is 0 Å². The number of carbonyl (C=O) groups is 2. The highest BCUT2D eigenvalue weighted by atomic mass is 19.1. The number of hydrogen-bond donors (Lipinski definition) is 1. The molecule has 0 heterocycles. The molecule has 2 amide bonds. The number of halogens is 2. The van der Waals surface area contributed by atoms with Gasteiger partial charge in [-0.25, -0.2) is 13.8 Å². The van der Waals surface area contributed by atoms with E-state index >= 15 is 0 Å². The molecule has 7 heteroatoms. The van der Waals surface area contributed by atoms with Gasteiger partial charge in [0.1, 0.15) is 11.6 Å². The normalized spacial score (nSPS) is 10.0. The van der Waals surface area contributed by atoms with Crippen molar-refractivity contribution in [2.75, 3.05) is 20.7 Å². The van der Waals surface area contributed by atoms with Crippen LogP contribution < -0.4 is 5.32 Å². The molecule has 98 valence electrons. The first-order valence-corrected chi connectivity index (χ1v) is 4.99. The fourth-order valence-electron chi connectivity index (χ4n) is 1.14. The first-order chi connectivity index (χ1) is 8.45. The molecule has 18 heavy (non-hydrogen) atoms. The molecule has 0 aliphatic heterocycles. The second-order valence-electron chi connectivity index (χ2n) is 3.38. The van der Waals surface area contributed by atoms with Gasteiger partial charge in [-0.2, -0.15) is 0 Å². The smallest absolute Gasteiger partial charge is 0.265 e. The van der Waals surface area contributed by atoms with Crippen LogP contribution in [0.3, 0.4) is 0 Å². The second kappa shape index (κ2) is 6.06. The van der Waals surface area contributed by atoms with E-state index in [-0.39, 0.29) is 12.1 Å². The van der Waals surface area contributed by atoms with Crippen molar-refractivity contribution in [3.05, 3.63) is 35.4 Å². The van der Waals surface area contributed by atoms with Crippen LogP contribution in [0.25, 0.3) is 0 Å². The van der Waals surface area contributed by atoms with Crippen molar-refractivity contribution in [3.8, 4) is 0 Å². The fraction of sp³-hybridized carbons (Fsp3) is 0.273. The van der Waals surface area contributed by atoms with E-state index in [1.54, 1.807) is 0 Å². The van der Waals surface area contributed by atoms with Crippen molar-refractivity contribution in [3.63, 3.8) is 0 Å². The molecule has 0 atom stereocenters. The number of rotatable bonds is 4. The first kappa shape index (κ1) is 14.0. The van der Waals surface area contributed by atoms with Crippen LogP contribution in [0.4, 0.5) is 8.78 Å². The van der Waals surface area contributed by atoms with Crippen molar-refractivity contribution < 1.29 is 23.2 Å². The van der Waals surface area contributed by atoms with Gasteiger partial charge in [0.05, 0.1) is 19.2 Å². The minimum Gasteiger partial charge on any atom is -0.343 e. The molecule has 0 aliphatic rings. The zero-order valence-corrected chi connectivity index (χ0v) is 9.87. The van der Waals surface area contributed by atoms with Gasteiger partial charge in [-0.1, -0.05) is 0 Å². The quantitative estimate of drug-likeness (QED) is 0.809. The number of likely N-dealkylation sites (N-methyl/N-ethyl adjacent to an activating group) is 1. The summed E-state index contributed by atoms with van der Waals surface area (Å²) in [7, 11) is 2.66. The summed E-state index contributed by atoms with van der Waals surface area (Å²) in [5, 5.41) is 3.12. The molecule has 0 spiro atoms. The third-order valence-electron chi connectivity index (χ3n) is 2.20. The minimum absolute atomic E-state index is 0.329. The standard InChI is InChI=1S/C11H12F2N2O3/c1-15(18-2)10(16)6-14-11(17)8-4-3-7(12)5-9(8)13/h3-5H,6H2,1-2H3,(H,14,17). The van der Waals surface area contributed by atoms with Crippen LogP contribution in [0.5, 0.6) is 0 Å². The Bertz CT molecular complexity index is 466. The van der Waals surface area contributed by atoms with Gasteiger partial charge in [0.15, 0.2) is 0 Å². The Balaban J connectivity index is 2.63. The molecule has 5 nitrogen and oxygen atoms in total. The van der Waals surface area contributed by atoms with E-state index in [1.165, 1.54) is 14.2 Å². The summed E-state index contributed by atoms with van der Waals surface area (Å²) in [4.78, 5) is 27.4. The van der Waals surface area contributed by atoms with E-state index < -0.39 is 23.4 Å². The number of amides is 2. The largest absolute Gasteiger partial charge is 0.343 e. The molecule has 0 saturated heterocycles. The number of benzene rings is 1. The fourth-order valence-corrected chi connectivity index (χ4v) is 1.14. The van der Waals surface area contributed by atoms with E-state index in [2.05, 4.69) is 10.2 Å². The Morgan fingerprint density at radius 2 is 2.06 bits per heavy atom. The Morgan fingerprint density at radius 3 is 2.61 bits per heavy atom. The van der Waals surface area contributed by atoms with Crippen molar-refractivity contribution in [1.29, 1.82) is 0 Å². The average molecular weight is 258 g/mol. The number of carbonyl (C=O) groups excluding carboxylic acids is 2. The third-order valence-corrected chi connectivity index (χ3v) is 2.20. The monoisotopic (exact) mass is 258 g/mol. The lowest BCUT2D eigenvalue weighted by atomic mass is 10.2. The molecule has 0 saturated carbocycles. The zero-order valence-electron chi connectivity index (χ0n) is 9.87. The highest BCUT2D eigenvalue weighted by Crippen LogP contribution is 2.09. The summed E-state index contributed by atoms with van der Waals surface area (Å²) in [5.74, 6) is -3.07. The molecule has 0 aliphatic carbocycles. The minimum atomic E-state index is -0.986. The maximum Gasteiger partial charge on any atom is 0.265 e.